The molecule has 0 aliphatic carbocycles. The van der Waals surface area contributed by atoms with E-state index < -0.39 is 11.9 Å². The molecule has 0 heterocycles. The molecule has 5 nitrogen and oxygen atoms in total. The van der Waals surface area contributed by atoms with Crippen LogP contribution in [0.5, 0.6) is 0 Å². The molecular weight excluding hydrogens is 212 g/mol. The third kappa shape index (κ3) is 10.7. The van der Waals surface area contributed by atoms with E-state index in [0.29, 0.717) is 32.7 Å². The van der Waals surface area contributed by atoms with Gasteiger partial charge in [0.15, 0.2) is 0 Å². The number of carbonyl (C=O) groups excluding carboxylic acids is 1. The van der Waals surface area contributed by atoms with Crippen LogP contribution in [0.2, 0.25) is 0 Å². The maximum Gasteiger partial charge on any atom is 0.330 e. The molecule has 0 aromatic carbocycles. The number of aliphatic carboxylic acids is 1. The highest BCUT2D eigenvalue weighted by atomic mass is 16.5. The number of rotatable bonds is 10. The normalized spacial score (nSPS) is 9.75. The van der Waals surface area contributed by atoms with Crippen LogP contribution in [-0.4, -0.2) is 36.9 Å². The zero-order chi connectivity index (χ0) is 12.2. The van der Waals surface area contributed by atoms with Crippen LogP contribution in [0.3, 0.4) is 0 Å². The Balaban J connectivity index is 3.07. The van der Waals surface area contributed by atoms with E-state index >= 15 is 0 Å². The van der Waals surface area contributed by atoms with Crippen LogP contribution < -0.4 is 0 Å². The van der Waals surface area contributed by atoms with E-state index in [4.69, 9.17) is 14.6 Å². The number of ether oxygens (including phenoxy) is 2. The van der Waals surface area contributed by atoms with Crippen molar-refractivity contribution in [2.75, 3.05) is 19.8 Å². The third-order valence-corrected chi connectivity index (χ3v) is 1.77. The topological polar surface area (TPSA) is 72.8 Å². The van der Waals surface area contributed by atoms with Crippen molar-refractivity contribution in [2.24, 2.45) is 0 Å². The highest BCUT2D eigenvalue weighted by Gasteiger charge is 1.97. The Labute approximate surface area is 95.0 Å². The van der Waals surface area contributed by atoms with E-state index in [1.54, 1.807) is 0 Å². The Morgan fingerprint density at radius 3 is 2.44 bits per heavy atom. The van der Waals surface area contributed by atoms with Crippen LogP contribution in [0.15, 0.2) is 12.7 Å². The van der Waals surface area contributed by atoms with Gasteiger partial charge in [-0.2, -0.15) is 0 Å². The van der Waals surface area contributed by atoms with Gasteiger partial charge in [0.05, 0.1) is 6.61 Å². The van der Waals surface area contributed by atoms with Crippen LogP contribution in [0.25, 0.3) is 0 Å². The van der Waals surface area contributed by atoms with Gasteiger partial charge in [0.2, 0.25) is 0 Å². The fraction of sp³-hybridized carbons (Fsp3) is 0.636. The number of carboxylic acid groups (broad SMARTS) is 1. The molecule has 0 rings (SSSR count). The summed E-state index contributed by atoms with van der Waals surface area (Å²) in [5.74, 6) is -1.21. The Hall–Kier alpha value is -1.36. The predicted octanol–water partition coefficient (Wildman–Crippen LogP) is 1.38. The average molecular weight is 230 g/mol. The molecule has 0 aromatic rings. The number of hydrogen-bond acceptors (Lipinski definition) is 4. The number of carboxylic acids is 1. The van der Waals surface area contributed by atoms with Gasteiger partial charge in [0.1, 0.15) is 0 Å². The van der Waals surface area contributed by atoms with E-state index in [1.165, 1.54) is 0 Å². The fourth-order valence-corrected chi connectivity index (χ4v) is 0.975. The van der Waals surface area contributed by atoms with E-state index in [1.807, 2.05) is 0 Å². The van der Waals surface area contributed by atoms with Gasteiger partial charge < -0.3 is 14.6 Å². The van der Waals surface area contributed by atoms with Crippen molar-refractivity contribution >= 4 is 11.9 Å². The van der Waals surface area contributed by atoms with Crippen LogP contribution in [-0.2, 0) is 19.1 Å². The summed E-state index contributed by atoms with van der Waals surface area (Å²) in [7, 11) is 0. The number of esters is 1. The zero-order valence-electron chi connectivity index (χ0n) is 9.31. The molecule has 0 bridgehead atoms. The lowest BCUT2D eigenvalue weighted by molar-refractivity contribution is -0.138. The summed E-state index contributed by atoms with van der Waals surface area (Å²) in [5, 5.41) is 8.36. The molecule has 0 spiro atoms. The molecule has 0 aromatic heterocycles. The standard InChI is InChI=1S/C11H18O5/c1-2-11(14)16-9-5-8-15-7-4-3-6-10(12)13/h2H,1,3-9H2,(H,12,13). The molecule has 0 aliphatic rings. The van der Waals surface area contributed by atoms with Gasteiger partial charge in [0.25, 0.3) is 0 Å². The molecular formula is C11H18O5. The van der Waals surface area contributed by atoms with Crippen molar-refractivity contribution < 1.29 is 24.2 Å². The van der Waals surface area contributed by atoms with Crippen LogP contribution in [0.4, 0.5) is 0 Å². The van der Waals surface area contributed by atoms with Crippen molar-refractivity contribution in [3.63, 3.8) is 0 Å². The molecule has 1 N–H and O–H groups in total. The van der Waals surface area contributed by atoms with Crippen molar-refractivity contribution in [2.45, 2.75) is 25.7 Å². The number of unbranched alkanes of at least 4 members (excludes halogenated alkanes) is 1. The van der Waals surface area contributed by atoms with E-state index in [-0.39, 0.29) is 6.42 Å². The van der Waals surface area contributed by atoms with Crippen molar-refractivity contribution in [1.29, 1.82) is 0 Å². The van der Waals surface area contributed by atoms with Gasteiger partial charge in [-0.05, 0) is 12.8 Å². The molecule has 0 saturated carbocycles. The molecule has 0 atom stereocenters. The highest BCUT2D eigenvalue weighted by Crippen LogP contribution is 1.96. The first-order valence-electron chi connectivity index (χ1n) is 5.25. The Morgan fingerprint density at radius 2 is 1.81 bits per heavy atom. The maximum absolute atomic E-state index is 10.6. The van der Waals surface area contributed by atoms with Crippen molar-refractivity contribution in [3.8, 4) is 0 Å². The number of hydrogen-bond donors (Lipinski definition) is 1. The lowest BCUT2D eigenvalue weighted by Gasteiger charge is -2.03. The lowest BCUT2D eigenvalue weighted by Crippen LogP contribution is -2.06. The summed E-state index contributed by atoms with van der Waals surface area (Å²) in [6, 6.07) is 0. The minimum atomic E-state index is -0.781. The Bertz CT molecular complexity index is 224. The summed E-state index contributed by atoms with van der Waals surface area (Å²) in [4.78, 5) is 20.8. The highest BCUT2D eigenvalue weighted by molar-refractivity contribution is 5.81. The van der Waals surface area contributed by atoms with E-state index in [9.17, 15) is 9.59 Å². The summed E-state index contributed by atoms with van der Waals surface area (Å²) >= 11 is 0. The second kappa shape index (κ2) is 10.2. The van der Waals surface area contributed by atoms with E-state index in [0.717, 1.165) is 12.5 Å². The van der Waals surface area contributed by atoms with E-state index in [2.05, 4.69) is 6.58 Å². The molecule has 0 saturated heterocycles. The van der Waals surface area contributed by atoms with Crippen molar-refractivity contribution in [1.82, 2.24) is 0 Å². The SMILES string of the molecule is C=CC(=O)OCCCOCCCCC(=O)O. The van der Waals surface area contributed by atoms with Gasteiger partial charge in [-0.25, -0.2) is 4.79 Å². The number of carbonyl (C=O) groups is 2. The third-order valence-electron chi connectivity index (χ3n) is 1.77. The first kappa shape index (κ1) is 14.6. The van der Waals surface area contributed by atoms with Crippen LogP contribution >= 0.6 is 0 Å². The monoisotopic (exact) mass is 230 g/mol. The molecule has 5 heteroatoms. The maximum atomic E-state index is 10.6. The first-order valence-corrected chi connectivity index (χ1v) is 5.25. The van der Waals surface area contributed by atoms with Gasteiger partial charge in [-0.15, -0.1) is 0 Å². The smallest absolute Gasteiger partial charge is 0.330 e. The van der Waals surface area contributed by atoms with Gasteiger partial charge in [-0.1, -0.05) is 6.58 Å². The largest absolute Gasteiger partial charge is 0.481 e. The molecule has 16 heavy (non-hydrogen) atoms. The lowest BCUT2D eigenvalue weighted by atomic mass is 10.2. The fourth-order valence-electron chi connectivity index (χ4n) is 0.975. The molecule has 0 radical (unpaired) electrons. The van der Waals surface area contributed by atoms with Crippen molar-refractivity contribution in [3.05, 3.63) is 12.7 Å². The molecule has 0 aliphatic heterocycles. The van der Waals surface area contributed by atoms with Gasteiger partial charge in [-0.3, -0.25) is 4.79 Å². The summed E-state index contributed by atoms with van der Waals surface area (Å²) < 4.78 is 9.96. The molecule has 0 unspecified atom stereocenters. The summed E-state index contributed by atoms with van der Waals surface area (Å²) in [6.45, 7) is 4.65. The molecule has 0 fully saturated rings. The Morgan fingerprint density at radius 1 is 1.12 bits per heavy atom. The molecule has 92 valence electrons. The van der Waals surface area contributed by atoms with Gasteiger partial charge >= 0.3 is 11.9 Å². The first-order chi connectivity index (χ1) is 7.66. The quantitative estimate of drug-likeness (QED) is 0.348. The minimum Gasteiger partial charge on any atom is -0.481 e. The molecule has 0 amide bonds. The summed E-state index contributed by atoms with van der Waals surface area (Å²) in [6.07, 6.45) is 3.30. The zero-order valence-corrected chi connectivity index (χ0v) is 9.31. The average Bonchev–Trinajstić information content (AvgIpc) is 2.26. The van der Waals surface area contributed by atoms with Gasteiger partial charge in [0, 0.05) is 32.1 Å². The second-order valence-electron chi connectivity index (χ2n) is 3.19. The second-order valence-corrected chi connectivity index (χ2v) is 3.19. The Kier molecular flexibility index (Phi) is 9.30. The predicted molar refractivity (Wildman–Crippen MR) is 58.1 cm³/mol. The minimum absolute atomic E-state index is 0.181. The summed E-state index contributed by atoms with van der Waals surface area (Å²) in [5.41, 5.74) is 0. The van der Waals surface area contributed by atoms with Crippen LogP contribution in [0, 0.1) is 0 Å². The van der Waals surface area contributed by atoms with Crippen LogP contribution in [0.1, 0.15) is 25.7 Å².